The molecule has 0 N–H and O–H groups in total. The maximum absolute atomic E-state index is 13.0. The lowest BCUT2D eigenvalue weighted by Gasteiger charge is -2.26. The molecule has 1 aliphatic rings. The summed E-state index contributed by atoms with van der Waals surface area (Å²) >= 11 is 11.9. The van der Waals surface area contributed by atoms with Crippen LogP contribution in [0.3, 0.4) is 0 Å². The minimum atomic E-state index is -0.174. The highest BCUT2D eigenvalue weighted by Crippen LogP contribution is 2.26. The fraction of sp³-hybridized carbons (Fsp3) is 0.250. The van der Waals surface area contributed by atoms with Crippen molar-refractivity contribution in [2.45, 2.75) is 19.5 Å². The van der Waals surface area contributed by atoms with Crippen LogP contribution in [0, 0.1) is 0 Å². The Kier molecular flexibility index (Phi) is 7.67. The molecular weight excluding hydrogens is 471 g/mol. The first-order valence-corrected chi connectivity index (χ1v) is 10.7. The van der Waals surface area contributed by atoms with Gasteiger partial charge in [0.25, 0.3) is 5.91 Å². The summed E-state index contributed by atoms with van der Waals surface area (Å²) in [5, 5.41) is 0.729. The zero-order chi connectivity index (χ0) is 22.1. The molecule has 5 nitrogen and oxygen atoms in total. The Bertz CT molecular complexity index is 1140. The average molecular weight is 494 g/mol. The number of amides is 1. The van der Waals surface area contributed by atoms with Gasteiger partial charge in [-0.2, -0.15) is 0 Å². The van der Waals surface area contributed by atoms with Crippen LogP contribution >= 0.6 is 35.6 Å². The lowest BCUT2D eigenvalue weighted by atomic mass is 10.0. The molecule has 0 radical (unpaired) electrons. The minimum Gasteiger partial charge on any atom is -0.464 e. The number of halogens is 3. The first-order chi connectivity index (χ1) is 14.8. The number of hydrogen-bond acceptors (Lipinski definition) is 4. The van der Waals surface area contributed by atoms with E-state index in [0.717, 1.165) is 23.6 Å². The van der Waals surface area contributed by atoms with Crippen molar-refractivity contribution < 1.29 is 14.0 Å². The first-order valence-electron chi connectivity index (χ1n) is 9.96. The highest BCUT2D eigenvalue weighted by atomic mass is 35.5. The van der Waals surface area contributed by atoms with Crippen molar-refractivity contribution in [2.75, 3.05) is 20.6 Å². The molecule has 0 saturated heterocycles. The third kappa shape index (κ3) is 5.18. The number of carbonyl (C=O) groups is 2. The molecule has 1 aromatic heterocycles. The van der Waals surface area contributed by atoms with Crippen LogP contribution in [0.4, 0.5) is 0 Å². The minimum absolute atomic E-state index is 0. The highest BCUT2D eigenvalue weighted by molar-refractivity contribution is 6.42. The highest BCUT2D eigenvalue weighted by Gasteiger charge is 2.25. The Morgan fingerprint density at radius 3 is 2.28 bits per heavy atom. The Balaban J connectivity index is 0.00000289. The van der Waals surface area contributed by atoms with Gasteiger partial charge in [0, 0.05) is 41.8 Å². The van der Waals surface area contributed by atoms with Gasteiger partial charge in [-0.05, 0) is 50.5 Å². The van der Waals surface area contributed by atoms with Crippen LogP contribution in [0.25, 0.3) is 0 Å². The third-order valence-electron chi connectivity index (χ3n) is 5.25. The number of hydrogen-bond donors (Lipinski definition) is 0. The summed E-state index contributed by atoms with van der Waals surface area (Å²) in [6.07, 6.45) is 0.697. The smallest absolute Gasteiger partial charge is 0.254 e. The van der Waals surface area contributed by atoms with Crippen molar-refractivity contribution in [3.8, 4) is 0 Å². The predicted octanol–water partition coefficient (Wildman–Crippen LogP) is 5.50. The van der Waals surface area contributed by atoms with Crippen LogP contribution in [-0.2, 0) is 19.5 Å². The molecule has 0 bridgehead atoms. The van der Waals surface area contributed by atoms with Crippen LogP contribution in [0.2, 0.25) is 10.0 Å². The molecule has 8 heteroatoms. The van der Waals surface area contributed by atoms with Gasteiger partial charge in [0.1, 0.15) is 11.5 Å². The molecule has 2 aromatic carbocycles. The molecule has 168 valence electrons. The second-order valence-electron chi connectivity index (χ2n) is 7.91. The van der Waals surface area contributed by atoms with Gasteiger partial charge in [0.05, 0.1) is 16.6 Å². The summed E-state index contributed by atoms with van der Waals surface area (Å²) in [5.74, 6) is 1.64. The molecule has 0 fully saturated rings. The standard InChI is InChI=1S/C24H22Cl2N2O3.ClH/c1-27(2)14-19-11-18-13-28(10-9-22(18)31-19)24(30)16-5-3-15(4-6-16)23(29)17-7-8-20(25)21(26)12-17;/h3-8,11-12H,9-10,13-14H2,1-2H3;1H. The van der Waals surface area contributed by atoms with Gasteiger partial charge in [-0.3, -0.25) is 9.59 Å². The third-order valence-corrected chi connectivity index (χ3v) is 5.99. The van der Waals surface area contributed by atoms with Crippen LogP contribution in [-0.4, -0.2) is 42.1 Å². The molecule has 1 aliphatic heterocycles. The van der Waals surface area contributed by atoms with Crippen molar-refractivity contribution in [3.05, 3.63) is 92.4 Å². The summed E-state index contributed by atoms with van der Waals surface area (Å²) in [4.78, 5) is 29.6. The van der Waals surface area contributed by atoms with Crippen molar-refractivity contribution in [1.29, 1.82) is 0 Å². The number of carbonyl (C=O) groups excluding carboxylic acids is 2. The first kappa shape index (κ1) is 24.3. The second kappa shape index (κ2) is 10.1. The number of benzene rings is 2. The molecular formula is C24H23Cl3N2O3. The zero-order valence-corrected chi connectivity index (χ0v) is 20.1. The van der Waals surface area contributed by atoms with E-state index in [-0.39, 0.29) is 24.1 Å². The van der Waals surface area contributed by atoms with Gasteiger partial charge < -0.3 is 14.2 Å². The van der Waals surface area contributed by atoms with Crippen LogP contribution in [0.15, 0.2) is 52.9 Å². The molecule has 0 unspecified atom stereocenters. The Morgan fingerprint density at radius 1 is 0.969 bits per heavy atom. The van der Waals surface area contributed by atoms with E-state index in [1.807, 2.05) is 30.0 Å². The van der Waals surface area contributed by atoms with Crippen LogP contribution < -0.4 is 0 Å². The molecule has 4 rings (SSSR count). The molecule has 0 spiro atoms. The Hall–Kier alpha value is -2.31. The maximum atomic E-state index is 13.0. The molecule has 0 aliphatic carbocycles. The number of rotatable bonds is 5. The number of ketones is 1. The van der Waals surface area contributed by atoms with Gasteiger partial charge in [-0.15, -0.1) is 12.4 Å². The number of fused-ring (bicyclic) bond motifs is 1. The van der Waals surface area contributed by atoms with Crippen LogP contribution in [0.5, 0.6) is 0 Å². The van der Waals surface area contributed by atoms with Crippen molar-refractivity contribution >= 4 is 47.3 Å². The summed E-state index contributed by atoms with van der Waals surface area (Å²) in [6.45, 7) is 1.86. The summed E-state index contributed by atoms with van der Waals surface area (Å²) in [5.41, 5.74) is 2.54. The molecule has 0 atom stereocenters. The molecule has 32 heavy (non-hydrogen) atoms. The van der Waals surface area contributed by atoms with Gasteiger partial charge >= 0.3 is 0 Å². The zero-order valence-electron chi connectivity index (χ0n) is 17.7. The molecule has 2 heterocycles. The summed E-state index contributed by atoms with van der Waals surface area (Å²) in [7, 11) is 3.99. The quantitative estimate of drug-likeness (QED) is 0.441. The van der Waals surface area contributed by atoms with E-state index in [9.17, 15) is 9.59 Å². The normalized spacial score (nSPS) is 13.0. The fourth-order valence-corrected chi connectivity index (χ4v) is 4.01. The second-order valence-corrected chi connectivity index (χ2v) is 8.73. The van der Waals surface area contributed by atoms with E-state index in [1.165, 1.54) is 0 Å². The molecule has 1 amide bonds. The maximum Gasteiger partial charge on any atom is 0.254 e. The molecule has 3 aromatic rings. The topological polar surface area (TPSA) is 53.8 Å². The van der Waals surface area contributed by atoms with Gasteiger partial charge in [-0.1, -0.05) is 35.3 Å². The lowest BCUT2D eigenvalue weighted by molar-refractivity contribution is 0.0729. The van der Waals surface area contributed by atoms with Crippen molar-refractivity contribution in [1.82, 2.24) is 9.80 Å². The fourth-order valence-electron chi connectivity index (χ4n) is 3.71. The van der Waals surface area contributed by atoms with E-state index in [1.54, 1.807) is 42.5 Å². The van der Waals surface area contributed by atoms with E-state index in [4.69, 9.17) is 27.6 Å². The predicted molar refractivity (Wildman–Crippen MR) is 128 cm³/mol. The molecule has 0 saturated carbocycles. The van der Waals surface area contributed by atoms with Gasteiger partial charge in [0.2, 0.25) is 0 Å². The SMILES string of the molecule is CN(C)Cc1cc2c(o1)CCN(C(=O)c1ccc(C(=O)c3ccc(Cl)c(Cl)c3)cc1)C2.Cl. The number of furan rings is 1. The average Bonchev–Trinajstić information content (AvgIpc) is 3.15. The van der Waals surface area contributed by atoms with E-state index < -0.39 is 0 Å². The van der Waals surface area contributed by atoms with Crippen molar-refractivity contribution in [3.63, 3.8) is 0 Å². The van der Waals surface area contributed by atoms with Crippen molar-refractivity contribution in [2.24, 2.45) is 0 Å². The Labute approximate surface area is 203 Å². The summed E-state index contributed by atoms with van der Waals surface area (Å²) in [6, 6.07) is 13.5. The van der Waals surface area contributed by atoms with Gasteiger partial charge in [0.15, 0.2) is 5.78 Å². The van der Waals surface area contributed by atoms with E-state index in [2.05, 4.69) is 0 Å². The van der Waals surface area contributed by atoms with Crippen LogP contribution in [0.1, 0.15) is 43.4 Å². The monoisotopic (exact) mass is 492 g/mol. The van der Waals surface area contributed by atoms with E-state index in [0.29, 0.717) is 46.2 Å². The van der Waals surface area contributed by atoms with Gasteiger partial charge in [-0.25, -0.2) is 0 Å². The number of nitrogens with zero attached hydrogens (tertiary/aromatic N) is 2. The lowest BCUT2D eigenvalue weighted by Crippen LogP contribution is -2.35. The van der Waals surface area contributed by atoms with E-state index >= 15 is 0 Å². The summed E-state index contributed by atoms with van der Waals surface area (Å²) < 4.78 is 5.92. The Morgan fingerprint density at radius 2 is 1.62 bits per heavy atom. The largest absolute Gasteiger partial charge is 0.464 e.